The van der Waals surface area contributed by atoms with Crippen molar-refractivity contribution in [2.24, 2.45) is 0 Å². The maximum absolute atomic E-state index is 5.82. The van der Waals surface area contributed by atoms with Crippen molar-refractivity contribution >= 4 is 20.2 Å². The van der Waals surface area contributed by atoms with Crippen molar-refractivity contribution in [2.45, 2.75) is 90.6 Å². The topological polar surface area (TPSA) is 9.23 Å². The highest BCUT2D eigenvalue weighted by atomic mass is 35.6. The van der Waals surface area contributed by atoms with E-state index in [4.69, 9.17) is 15.5 Å². The van der Waals surface area contributed by atoms with Crippen LogP contribution in [-0.2, 0) is 4.43 Å². The van der Waals surface area contributed by atoms with Gasteiger partial charge in [-0.2, -0.15) is 0 Å². The zero-order valence-corrected chi connectivity index (χ0v) is 14.0. The number of unbranched alkanes of at least 4 members (excludes halogenated alkanes) is 7. The van der Waals surface area contributed by atoms with E-state index >= 15 is 0 Å². The van der Waals surface area contributed by atoms with E-state index in [2.05, 4.69) is 13.8 Å². The van der Waals surface area contributed by atoms with Crippen molar-refractivity contribution in [3.05, 3.63) is 0 Å². The molecule has 0 amide bonds. The van der Waals surface area contributed by atoms with Gasteiger partial charge >= 0.3 is 0 Å². The van der Waals surface area contributed by atoms with Gasteiger partial charge in [0.25, 0.3) is 9.07 Å². The number of rotatable bonds is 13. The molecule has 0 N–H and O–H groups in total. The van der Waals surface area contributed by atoms with Crippen LogP contribution >= 0.6 is 11.1 Å². The largest absolute Gasteiger partial charge is 0.405 e. The summed E-state index contributed by atoms with van der Waals surface area (Å²) < 4.78 is 5.73. The predicted octanol–water partition coefficient (Wildman–Crippen LogP) is 4.94. The van der Waals surface area contributed by atoms with Gasteiger partial charge in [0.05, 0.1) is 0 Å². The first-order chi connectivity index (χ1) is 8.35. The summed E-state index contributed by atoms with van der Waals surface area (Å²) >= 11 is 5.82. The lowest BCUT2D eigenvalue weighted by atomic mass is 10.0. The second kappa shape index (κ2) is 14.5. The molecule has 0 aromatic rings. The molecule has 1 unspecified atom stereocenters. The molecule has 3 heteroatoms. The van der Waals surface area contributed by atoms with E-state index in [1.807, 2.05) is 0 Å². The van der Waals surface area contributed by atoms with Crippen LogP contribution in [0.25, 0.3) is 0 Å². The van der Waals surface area contributed by atoms with Crippen LogP contribution in [0.3, 0.4) is 0 Å². The van der Waals surface area contributed by atoms with Crippen molar-refractivity contribution in [1.29, 1.82) is 0 Å². The normalized spacial score (nSPS) is 13.6. The molecule has 1 atom stereocenters. The Morgan fingerprint density at radius 3 is 1.76 bits per heavy atom. The Kier molecular flexibility index (Phi) is 14.9. The summed E-state index contributed by atoms with van der Waals surface area (Å²) in [7, 11) is -0.745. The highest BCUT2D eigenvalue weighted by molar-refractivity contribution is 6.89. The van der Waals surface area contributed by atoms with Gasteiger partial charge in [-0.3, -0.25) is 0 Å². The summed E-state index contributed by atoms with van der Waals surface area (Å²) in [6.07, 6.45) is 15.1. The molecule has 0 bridgehead atoms. The van der Waals surface area contributed by atoms with Crippen molar-refractivity contribution in [2.75, 3.05) is 0 Å². The van der Waals surface area contributed by atoms with Crippen LogP contribution in [0.1, 0.15) is 84.5 Å². The molecule has 0 heterocycles. The maximum atomic E-state index is 5.82. The van der Waals surface area contributed by atoms with Gasteiger partial charge in [0, 0.05) is 6.10 Å². The van der Waals surface area contributed by atoms with Crippen LogP contribution in [0.15, 0.2) is 0 Å². The summed E-state index contributed by atoms with van der Waals surface area (Å²) in [6, 6.07) is 0. The van der Waals surface area contributed by atoms with E-state index in [0.29, 0.717) is 6.10 Å². The standard InChI is InChI=1S/C14H31ClOSi/c1-3-5-7-9-11-13-14(16-17-15)12-10-8-6-4-2/h14H,3-13,17H2,1-2H3. The SMILES string of the molecule is CCCCCCCC(CCCCCC)O[SiH2]Cl. The molecular formula is C14H31ClOSi. The average Bonchev–Trinajstić information content (AvgIpc) is 2.34. The second-order valence-electron chi connectivity index (χ2n) is 4.95. The quantitative estimate of drug-likeness (QED) is 0.263. The van der Waals surface area contributed by atoms with Gasteiger partial charge in [-0.1, -0.05) is 71.6 Å². The average molecular weight is 279 g/mol. The Bertz CT molecular complexity index is 144. The molecule has 0 rings (SSSR count). The third-order valence-corrected chi connectivity index (χ3v) is 4.28. The molecule has 0 spiro atoms. The molecule has 0 aliphatic carbocycles. The Hall–Kier alpha value is 0.467. The molecule has 0 saturated carbocycles. The third kappa shape index (κ3) is 12.7. The third-order valence-electron chi connectivity index (χ3n) is 3.31. The Labute approximate surface area is 115 Å². The van der Waals surface area contributed by atoms with Gasteiger partial charge in [-0.25, -0.2) is 0 Å². The van der Waals surface area contributed by atoms with Gasteiger partial charge in [0.2, 0.25) is 0 Å². The molecular weight excluding hydrogens is 248 g/mol. The lowest BCUT2D eigenvalue weighted by Crippen LogP contribution is -2.13. The van der Waals surface area contributed by atoms with Crippen LogP contribution in [0, 0.1) is 0 Å². The highest BCUT2D eigenvalue weighted by Gasteiger charge is 2.07. The molecule has 104 valence electrons. The van der Waals surface area contributed by atoms with E-state index in [1.165, 1.54) is 70.6 Å². The molecule has 0 aliphatic heterocycles. The molecule has 0 fully saturated rings. The van der Waals surface area contributed by atoms with Crippen LogP contribution < -0.4 is 0 Å². The highest BCUT2D eigenvalue weighted by Crippen LogP contribution is 2.15. The van der Waals surface area contributed by atoms with Crippen molar-refractivity contribution in [1.82, 2.24) is 0 Å². The molecule has 0 saturated heterocycles. The maximum Gasteiger partial charge on any atom is 0.258 e. The first-order valence-corrected chi connectivity index (χ1v) is 10.2. The fraction of sp³-hybridized carbons (Fsp3) is 1.00. The van der Waals surface area contributed by atoms with Gasteiger partial charge < -0.3 is 4.43 Å². The smallest absolute Gasteiger partial charge is 0.258 e. The van der Waals surface area contributed by atoms with Crippen molar-refractivity contribution < 1.29 is 4.43 Å². The van der Waals surface area contributed by atoms with E-state index in [-0.39, 0.29) is 0 Å². The van der Waals surface area contributed by atoms with E-state index < -0.39 is 9.07 Å². The van der Waals surface area contributed by atoms with Gasteiger partial charge in [-0.15, -0.1) is 11.1 Å². The minimum Gasteiger partial charge on any atom is -0.405 e. The number of hydrogen-bond acceptors (Lipinski definition) is 1. The van der Waals surface area contributed by atoms with Crippen LogP contribution in [0.2, 0.25) is 0 Å². The minimum absolute atomic E-state index is 0.470. The molecule has 0 radical (unpaired) electrons. The van der Waals surface area contributed by atoms with Crippen molar-refractivity contribution in [3.8, 4) is 0 Å². The first kappa shape index (κ1) is 17.5. The number of hydrogen-bond donors (Lipinski definition) is 0. The second-order valence-corrected chi connectivity index (χ2v) is 6.16. The van der Waals surface area contributed by atoms with E-state index in [1.54, 1.807) is 0 Å². The summed E-state index contributed by atoms with van der Waals surface area (Å²) in [5.41, 5.74) is 0. The van der Waals surface area contributed by atoms with Gasteiger partial charge in [0.15, 0.2) is 0 Å². The Balaban J connectivity index is 3.45. The van der Waals surface area contributed by atoms with E-state index in [9.17, 15) is 0 Å². The summed E-state index contributed by atoms with van der Waals surface area (Å²) in [5.74, 6) is 0. The zero-order valence-electron chi connectivity index (χ0n) is 11.8. The number of halogens is 1. The van der Waals surface area contributed by atoms with Crippen molar-refractivity contribution in [3.63, 3.8) is 0 Å². The van der Waals surface area contributed by atoms with Gasteiger partial charge in [0.1, 0.15) is 0 Å². The predicted molar refractivity (Wildman–Crippen MR) is 81.4 cm³/mol. The monoisotopic (exact) mass is 278 g/mol. The van der Waals surface area contributed by atoms with Gasteiger partial charge in [-0.05, 0) is 12.8 Å². The lowest BCUT2D eigenvalue weighted by molar-refractivity contribution is 0.186. The van der Waals surface area contributed by atoms with Crippen LogP contribution in [-0.4, -0.2) is 15.2 Å². The zero-order chi connectivity index (χ0) is 12.8. The molecule has 1 nitrogen and oxygen atoms in total. The fourth-order valence-corrected chi connectivity index (χ4v) is 3.22. The van der Waals surface area contributed by atoms with E-state index in [0.717, 1.165) is 0 Å². The molecule has 0 aliphatic rings. The molecule has 0 aromatic heterocycles. The summed E-state index contributed by atoms with van der Waals surface area (Å²) in [4.78, 5) is 0. The lowest BCUT2D eigenvalue weighted by Gasteiger charge is -2.16. The summed E-state index contributed by atoms with van der Waals surface area (Å²) in [5, 5.41) is 0. The van der Waals surface area contributed by atoms with Crippen LogP contribution in [0.5, 0.6) is 0 Å². The summed E-state index contributed by atoms with van der Waals surface area (Å²) in [6.45, 7) is 4.52. The minimum atomic E-state index is -0.745. The Morgan fingerprint density at radius 2 is 1.29 bits per heavy atom. The molecule has 17 heavy (non-hydrogen) atoms. The Morgan fingerprint density at radius 1 is 0.824 bits per heavy atom. The fourth-order valence-electron chi connectivity index (χ4n) is 2.17. The van der Waals surface area contributed by atoms with Crippen LogP contribution in [0.4, 0.5) is 0 Å². The first-order valence-electron chi connectivity index (χ1n) is 7.52. The molecule has 0 aromatic carbocycles.